The van der Waals surface area contributed by atoms with Gasteiger partial charge in [0.2, 0.25) is 0 Å². The van der Waals surface area contributed by atoms with Gasteiger partial charge in [-0.05, 0) is 0 Å². The van der Waals surface area contributed by atoms with Crippen LogP contribution in [0.25, 0.3) is 0 Å². The van der Waals surface area contributed by atoms with Gasteiger partial charge in [-0.2, -0.15) is 0 Å². The molecule has 3 nitrogen and oxygen atoms in total. The molecule has 0 aliphatic rings. The molecule has 7 heavy (non-hydrogen) atoms. The first-order valence-electron chi connectivity index (χ1n) is 1.60. The Morgan fingerprint density at radius 3 is 2.00 bits per heavy atom. The van der Waals surface area contributed by atoms with Crippen LogP contribution in [-0.4, -0.2) is 17.1 Å². The van der Waals surface area contributed by atoms with E-state index in [-0.39, 0.29) is 6.00 Å². The van der Waals surface area contributed by atoms with E-state index in [0.29, 0.717) is 0 Å². The molecule has 0 aromatic carbocycles. The lowest BCUT2D eigenvalue weighted by Gasteiger charge is -1.59. The predicted molar refractivity (Wildman–Crippen MR) is 28.2 cm³/mol. The van der Waals surface area contributed by atoms with Gasteiger partial charge in [0.25, 0.3) is 5.97 Å². The number of alkyl halides is 1. The zero-order valence-electron chi connectivity index (χ0n) is 4.02. The maximum absolute atomic E-state index is 9.00. The van der Waals surface area contributed by atoms with Crippen LogP contribution in [0, 0.1) is 0 Å². The van der Waals surface area contributed by atoms with Gasteiger partial charge in [-0.25, -0.2) is 0 Å². The highest BCUT2D eigenvalue weighted by molar-refractivity contribution is 6.17. The summed E-state index contributed by atoms with van der Waals surface area (Å²) in [4.78, 5) is 9.00. The topological polar surface area (TPSA) is 63.3 Å². The molecule has 0 spiro atoms. The molecule has 0 heterocycles. The Bertz CT molecular complexity index is 44.2. The molecule has 44 valence electrons. The summed E-state index contributed by atoms with van der Waals surface area (Å²) in [5.74, 6) is -0.833. The minimum Gasteiger partial charge on any atom is -0.481 e. The van der Waals surface area contributed by atoms with Crippen molar-refractivity contribution in [3.63, 3.8) is 0 Å². The van der Waals surface area contributed by atoms with Crippen molar-refractivity contribution in [1.29, 1.82) is 0 Å². The Morgan fingerprint density at radius 2 is 2.00 bits per heavy atom. The van der Waals surface area contributed by atoms with Gasteiger partial charge in [0.05, 0.1) is 6.00 Å². The molecule has 3 N–H and O–H groups in total. The van der Waals surface area contributed by atoms with E-state index < -0.39 is 5.97 Å². The van der Waals surface area contributed by atoms with Crippen molar-refractivity contribution in [3.8, 4) is 0 Å². The monoisotopic (exact) mass is 125 g/mol. The molecule has 0 aromatic rings. The van der Waals surface area contributed by atoms with Crippen LogP contribution < -0.4 is 5.73 Å². The molecule has 0 saturated heterocycles. The van der Waals surface area contributed by atoms with Crippen LogP contribution in [0.3, 0.4) is 0 Å². The van der Waals surface area contributed by atoms with Crippen molar-refractivity contribution < 1.29 is 9.90 Å². The van der Waals surface area contributed by atoms with Gasteiger partial charge >= 0.3 is 0 Å². The SMILES string of the molecule is CC(=O)O.NCCl. The van der Waals surface area contributed by atoms with Gasteiger partial charge < -0.3 is 10.8 Å². The Morgan fingerprint density at radius 1 is 2.00 bits per heavy atom. The molecule has 0 aliphatic heterocycles. The number of hydrogen-bond acceptors (Lipinski definition) is 2. The molecule has 0 bridgehead atoms. The van der Waals surface area contributed by atoms with Crippen LogP contribution in [0.15, 0.2) is 0 Å². The number of nitrogens with two attached hydrogens (primary N) is 1. The Balaban J connectivity index is 0. The van der Waals surface area contributed by atoms with E-state index in [1.165, 1.54) is 0 Å². The molecule has 0 rings (SSSR count). The molecule has 0 unspecified atom stereocenters. The normalized spacial score (nSPS) is 6.14. The molecule has 0 amide bonds. The summed E-state index contributed by atoms with van der Waals surface area (Å²) >= 11 is 4.78. The van der Waals surface area contributed by atoms with Gasteiger partial charge in [-0.15, -0.1) is 11.6 Å². The van der Waals surface area contributed by atoms with Crippen LogP contribution >= 0.6 is 11.6 Å². The van der Waals surface area contributed by atoms with Crippen molar-refractivity contribution in [3.05, 3.63) is 0 Å². The van der Waals surface area contributed by atoms with E-state index in [0.717, 1.165) is 6.92 Å². The van der Waals surface area contributed by atoms with Gasteiger partial charge in [0.15, 0.2) is 0 Å². The molecule has 0 fully saturated rings. The lowest BCUT2D eigenvalue weighted by molar-refractivity contribution is -0.134. The van der Waals surface area contributed by atoms with E-state index in [2.05, 4.69) is 5.73 Å². The molecular weight excluding hydrogens is 117 g/mol. The highest BCUT2D eigenvalue weighted by Gasteiger charge is 1.65. The highest BCUT2D eigenvalue weighted by Crippen LogP contribution is 1.47. The van der Waals surface area contributed by atoms with E-state index in [4.69, 9.17) is 21.5 Å². The number of halogens is 1. The number of rotatable bonds is 0. The first-order valence-corrected chi connectivity index (χ1v) is 2.14. The van der Waals surface area contributed by atoms with Crippen molar-refractivity contribution in [2.75, 3.05) is 6.00 Å². The largest absolute Gasteiger partial charge is 0.481 e. The lowest BCUT2D eigenvalue weighted by Crippen LogP contribution is -1.83. The van der Waals surface area contributed by atoms with Crippen molar-refractivity contribution >= 4 is 17.6 Å². The minimum absolute atomic E-state index is 0.222. The number of carboxylic acids is 1. The second kappa shape index (κ2) is 9.21. The smallest absolute Gasteiger partial charge is 0.300 e. The van der Waals surface area contributed by atoms with Crippen LogP contribution in [-0.2, 0) is 4.79 Å². The zero-order valence-corrected chi connectivity index (χ0v) is 4.77. The second-order valence-corrected chi connectivity index (χ2v) is 0.982. The zero-order chi connectivity index (χ0) is 6.28. The maximum Gasteiger partial charge on any atom is 0.300 e. The van der Waals surface area contributed by atoms with Gasteiger partial charge in [-0.3, -0.25) is 4.79 Å². The van der Waals surface area contributed by atoms with E-state index in [1.54, 1.807) is 0 Å². The standard InChI is InChI=1S/C2H4O2.CH4ClN/c1-2(3)4;2-1-3/h1H3,(H,3,4);1,3H2. The van der Waals surface area contributed by atoms with Gasteiger partial charge in [0, 0.05) is 6.92 Å². The number of carboxylic acid groups (broad SMARTS) is 1. The molecule has 4 heteroatoms. The number of carbonyl (C=O) groups is 1. The van der Waals surface area contributed by atoms with E-state index >= 15 is 0 Å². The van der Waals surface area contributed by atoms with Crippen molar-refractivity contribution in [2.45, 2.75) is 6.92 Å². The quantitative estimate of drug-likeness (QED) is 0.360. The first-order chi connectivity index (χ1) is 3.15. The van der Waals surface area contributed by atoms with E-state index in [9.17, 15) is 0 Å². The summed E-state index contributed by atoms with van der Waals surface area (Å²) in [5, 5.41) is 7.42. The first kappa shape index (κ1) is 9.87. The Labute approximate surface area is 47.1 Å². The fourth-order valence-corrected chi connectivity index (χ4v) is 0. The third-order valence-electron chi connectivity index (χ3n) is 0. The number of hydrogen-bond donors (Lipinski definition) is 2. The summed E-state index contributed by atoms with van der Waals surface area (Å²) in [6.45, 7) is 1.08. The molecular formula is C3H8ClNO2. The average molecular weight is 126 g/mol. The van der Waals surface area contributed by atoms with Gasteiger partial charge in [0.1, 0.15) is 0 Å². The third-order valence-corrected chi connectivity index (χ3v) is 0. The maximum atomic E-state index is 9.00. The molecule has 0 radical (unpaired) electrons. The van der Waals surface area contributed by atoms with Crippen LogP contribution in [0.4, 0.5) is 0 Å². The molecule has 0 aliphatic carbocycles. The Hall–Kier alpha value is -0.280. The summed E-state index contributed by atoms with van der Waals surface area (Å²) < 4.78 is 0. The predicted octanol–water partition coefficient (Wildman–Crippen LogP) is 0.232. The summed E-state index contributed by atoms with van der Waals surface area (Å²) in [6.07, 6.45) is 0. The molecule has 0 atom stereocenters. The van der Waals surface area contributed by atoms with Crippen LogP contribution in [0.5, 0.6) is 0 Å². The fraction of sp³-hybridized carbons (Fsp3) is 0.667. The molecule has 0 saturated carbocycles. The Kier molecular flexibility index (Phi) is 13.0. The molecule has 0 aromatic heterocycles. The van der Waals surface area contributed by atoms with Crippen molar-refractivity contribution in [1.82, 2.24) is 0 Å². The summed E-state index contributed by atoms with van der Waals surface area (Å²) in [5.41, 5.74) is 4.61. The number of aliphatic carboxylic acids is 1. The third kappa shape index (κ3) is 1010. The van der Waals surface area contributed by atoms with Crippen LogP contribution in [0.2, 0.25) is 0 Å². The summed E-state index contributed by atoms with van der Waals surface area (Å²) in [7, 11) is 0. The average Bonchev–Trinajstić information content (AvgIpc) is 1.33. The minimum atomic E-state index is -0.833. The summed E-state index contributed by atoms with van der Waals surface area (Å²) in [6, 6.07) is 0.222. The lowest BCUT2D eigenvalue weighted by atomic mass is 10.9. The fourth-order valence-electron chi connectivity index (χ4n) is 0. The van der Waals surface area contributed by atoms with Crippen molar-refractivity contribution in [2.24, 2.45) is 5.73 Å². The highest BCUT2D eigenvalue weighted by atomic mass is 35.5. The van der Waals surface area contributed by atoms with Gasteiger partial charge in [-0.1, -0.05) is 0 Å². The van der Waals surface area contributed by atoms with Crippen LogP contribution in [0.1, 0.15) is 6.92 Å². The van der Waals surface area contributed by atoms with E-state index in [1.807, 2.05) is 0 Å². The second-order valence-electron chi connectivity index (χ2n) is 0.673.